The minimum Gasteiger partial charge on any atom is -0.382 e. The van der Waals surface area contributed by atoms with Crippen LogP contribution in [0.3, 0.4) is 0 Å². The Morgan fingerprint density at radius 1 is 1.10 bits per heavy atom. The van der Waals surface area contributed by atoms with Crippen LogP contribution in [0.25, 0.3) is 6.08 Å². The third-order valence-electron chi connectivity index (χ3n) is 6.01. The number of benzene rings is 2. The quantitative estimate of drug-likeness (QED) is 0.169. The minimum absolute atomic E-state index is 0.0524. The molecule has 1 fully saturated rings. The van der Waals surface area contributed by atoms with Crippen LogP contribution >= 0.6 is 23.5 Å². The van der Waals surface area contributed by atoms with E-state index in [0.717, 1.165) is 17.7 Å². The Kier molecular flexibility index (Phi) is 10.1. The van der Waals surface area contributed by atoms with Gasteiger partial charge in [-0.3, -0.25) is 0 Å². The summed E-state index contributed by atoms with van der Waals surface area (Å²) in [4.78, 5) is 3.99. The number of alkyl halides is 3. The Hall–Kier alpha value is -2.71. The molecule has 1 saturated heterocycles. The van der Waals surface area contributed by atoms with Crippen LogP contribution < -0.4 is 0 Å². The van der Waals surface area contributed by atoms with Gasteiger partial charge in [-0.15, -0.1) is 11.8 Å². The fraction of sp³-hybridized carbons (Fsp3) is 0.333. The number of thioether (sulfide) groups is 2. The lowest BCUT2D eigenvalue weighted by Gasteiger charge is -2.37. The van der Waals surface area contributed by atoms with Gasteiger partial charge >= 0.3 is 5.51 Å². The van der Waals surface area contributed by atoms with Crippen molar-refractivity contribution in [3.63, 3.8) is 0 Å². The van der Waals surface area contributed by atoms with Crippen molar-refractivity contribution in [1.82, 2.24) is 14.8 Å². The number of rotatable bonds is 10. The first-order chi connectivity index (χ1) is 19.0. The molecule has 40 heavy (non-hydrogen) atoms. The van der Waals surface area contributed by atoms with Crippen LogP contribution in [0.5, 0.6) is 0 Å². The van der Waals surface area contributed by atoms with Gasteiger partial charge in [-0.25, -0.2) is 18.4 Å². The maximum Gasteiger partial charge on any atom is 0.446 e. The first-order valence-electron chi connectivity index (χ1n) is 12.1. The summed E-state index contributed by atoms with van der Waals surface area (Å²) in [6, 6.07) is 9.07. The summed E-state index contributed by atoms with van der Waals surface area (Å²) in [5.41, 5.74) is -5.37. The molecule has 0 radical (unpaired) electrons. The summed E-state index contributed by atoms with van der Waals surface area (Å²) in [6.07, 6.45) is 8.99. The van der Waals surface area contributed by atoms with Crippen molar-refractivity contribution in [2.24, 2.45) is 0 Å². The highest BCUT2D eigenvalue weighted by Crippen LogP contribution is 2.39. The summed E-state index contributed by atoms with van der Waals surface area (Å²) >= 11 is 1.20. The molecule has 2 aromatic carbocycles. The van der Waals surface area contributed by atoms with E-state index in [1.54, 1.807) is 43.4 Å². The van der Waals surface area contributed by atoms with E-state index in [1.165, 1.54) is 47.3 Å². The van der Waals surface area contributed by atoms with E-state index in [1.807, 2.05) is 0 Å². The third-order valence-corrected chi connectivity index (χ3v) is 8.21. The zero-order valence-electron chi connectivity index (χ0n) is 21.2. The Morgan fingerprint density at radius 3 is 2.45 bits per heavy atom. The van der Waals surface area contributed by atoms with Crippen molar-refractivity contribution in [2.45, 2.75) is 46.3 Å². The number of aromatic nitrogens is 3. The van der Waals surface area contributed by atoms with Crippen LogP contribution in [0.15, 0.2) is 78.2 Å². The van der Waals surface area contributed by atoms with Crippen LogP contribution in [0, 0.1) is 11.6 Å². The number of aliphatic hydroxyl groups is 1. The fourth-order valence-electron chi connectivity index (χ4n) is 4.03. The number of hydrogen-bond donors (Lipinski definition) is 1. The van der Waals surface area contributed by atoms with Crippen molar-refractivity contribution in [3.05, 3.63) is 96.1 Å². The smallest absolute Gasteiger partial charge is 0.382 e. The van der Waals surface area contributed by atoms with Gasteiger partial charge in [0.25, 0.3) is 0 Å². The second kappa shape index (κ2) is 13.3. The molecule has 3 aromatic rings. The summed E-state index contributed by atoms with van der Waals surface area (Å²) in [6.45, 7) is 2.25. The number of allylic oxidation sites excluding steroid dienone is 2. The van der Waals surface area contributed by atoms with Gasteiger partial charge in [0.05, 0.1) is 25.0 Å². The molecule has 13 heteroatoms. The van der Waals surface area contributed by atoms with Crippen molar-refractivity contribution in [3.8, 4) is 0 Å². The van der Waals surface area contributed by atoms with Crippen LogP contribution in [0.2, 0.25) is 0 Å². The zero-order chi connectivity index (χ0) is 28.8. The molecule has 2 heterocycles. The van der Waals surface area contributed by atoms with Gasteiger partial charge in [0.1, 0.15) is 29.9 Å². The zero-order valence-corrected chi connectivity index (χ0v) is 22.8. The predicted molar refractivity (Wildman–Crippen MR) is 143 cm³/mol. The first kappa shape index (κ1) is 30.3. The molecule has 1 aromatic heterocycles. The van der Waals surface area contributed by atoms with Gasteiger partial charge in [0.2, 0.25) is 0 Å². The van der Waals surface area contributed by atoms with E-state index >= 15 is 0 Å². The second-order valence-corrected chi connectivity index (χ2v) is 11.7. The van der Waals surface area contributed by atoms with Gasteiger partial charge in [0, 0.05) is 21.8 Å². The van der Waals surface area contributed by atoms with Crippen LogP contribution in [0.1, 0.15) is 18.1 Å². The Bertz CT molecular complexity index is 1300. The molecule has 0 saturated carbocycles. The highest BCUT2D eigenvalue weighted by molar-refractivity contribution is 8.00. The number of ether oxygens (including phenoxy) is 2. The van der Waals surface area contributed by atoms with Gasteiger partial charge in [-0.1, -0.05) is 43.4 Å². The standard InChI is InChI=1S/C27H26F5N3O3S2/c1-18(26(36,15-35-17-33-16-34-35)23-11-8-20(28)12-24(23)29)39-22-13-37-25(38-14-22)5-3-2-4-19-6-9-21(10-7-19)40-27(30,31)32/h2-12,16-18,22,25,36H,13-15H2,1H3/b4-2+,5-3+/t18-,22?,25?,26-/m1/s1. The Labute approximate surface area is 236 Å². The fourth-order valence-corrected chi connectivity index (χ4v) is 5.89. The van der Waals surface area contributed by atoms with E-state index in [4.69, 9.17) is 9.47 Å². The summed E-state index contributed by atoms with van der Waals surface area (Å²) in [5, 5.41) is 14.9. The maximum absolute atomic E-state index is 14.7. The van der Waals surface area contributed by atoms with Gasteiger partial charge in [-0.05, 0) is 41.6 Å². The molecule has 0 unspecified atom stereocenters. The molecule has 0 spiro atoms. The van der Waals surface area contributed by atoms with Crippen molar-refractivity contribution in [1.29, 1.82) is 0 Å². The monoisotopic (exact) mass is 599 g/mol. The minimum atomic E-state index is -4.32. The molecule has 0 bridgehead atoms. The molecule has 0 amide bonds. The highest BCUT2D eigenvalue weighted by Gasteiger charge is 2.41. The van der Waals surface area contributed by atoms with E-state index in [2.05, 4.69) is 10.1 Å². The summed E-state index contributed by atoms with van der Waals surface area (Å²) in [7, 11) is 0. The average molecular weight is 600 g/mol. The molecule has 1 N–H and O–H groups in total. The number of hydrogen-bond acceptors (Lipinski definition) is 7. The second-order valence-electron chi connectivity index (χ2n) is 8.94. The SMILES string of the molecule is C[C@@H](SC1COC(/C=C/C=C/c2ccc(SC(F)(F)F)cc2)OC1)[C@](O)(Cn1cncn1)c1ccc(F)cc1F. The lowest BCUT2D eigenvalue weighted by atomic mass is 9.90. The first-order valence-corrected chi connectivity index (χ1v) is 13.9. The molecule has 6 nitrogen and oxygen atoms in total. The largest absolute Gasteiger partial charge is 0.446 e. The molecule has 214 valence electrons. The summed E-state index contributed by atoms with van der Waals surface area (Å²) < 4.78 is 78.5. The van der Waals surface area contributed by atoms with E-state index in [-0.39, 0.29) is 34.0 Å². The summed E-state index contributed by atoms with van der Waals surface area (Å²) in [5.74, 6) is -1.61. The third kappa shape index (κ3) is 8.40. The lowest BCUT2D eigenvalue weighted by Crippen LogP contribution is -2.43. The van der Waals surface area contributed by atoms with Gasteiger partial charge < -0.3 is 14.6 Å². The van der Waals surface area contributed by atoms with Crippen LogP contribution in [-0.2, 0) is 21.6 Å². The number of nitrogens with zero attached hydrogens (tertiary/aromatic N) is 3. The van der Waals surface area contributed by atoms with Gasteiger partial charge in [-0.2, -0.15) is 18.3 Å². The van der Waals surface area contributed by atoms with Crippen molar-refractivity contribution >= 4 is 29.6 Å². The van der Waals surface area contributed by atoms with Crippen molar-refractivity contribution in [2.75, 3.05) is 13.2 Å². The Morgan fingerprint density at radius 2 is 1.82 bits per heavy atom. The molecule has 4 rings (SSSR count). The molecule has 1 aliphatic rings. The predicted octanol–water partition coefficient (Wildman–Crippen LogP) is 6.19. The normalized spacial score (nSPS) is 20.7. The van der Waals surface area contributed by atoms with Gasteiger partial charge in [0.15, 0.2) is 6.29 Å². The molecule has 0 aliphatic carbocycles. The van der Waals surface area contributed by atoms with E-state index in [0.29, 0.717) is 13.2 Å². The van der Waals surface area contributed by atoms with Crippen molar-refractivity contribution < 1.29 is 36.5 Å². The number of halogens is 5. The highest BCUT2D eigenvalue weighted by atomic mass is 32.2. The maximum atomic E-state index is 14.7. The lowest BCUT2D eigenvalue weighted by molar-refractivity contribution is -0.146. The molecular weight excluding hydrogens is 573 g/mol. The average Bonchev–Trinajstić information content (AvgIpc) is 3.40. The van der Waals surface area contributed by atoms with E-state index in [9.17, 15) is 27.1 Å². The topological polar surface area (TPSA) is 69.4 Å². The molecule has 2 atom stereocenters. The molecular formula is C27H26F5N3O3S2. The molecule has 1 aliphatic heterocycles. The Balaban J connectivity index is 1.31. The van der Waals surface area contributed by atoms with Crippen LogP contribution in [0.4, 0.5) is 22.0 Å². The van der Waals surface area contributed by atoms with Crippen LogP contribution in [-0.4, -0.2) is 55.4 Å². The van der Waals surface area contributed by atoms with E-state index < -0.39 is 34.3 Å².